The van der Waals surface area contributed by atoms with Crippen LogP contribution in [0.4, 0.5) is 0 Å². The quantitative estimate of drug-likeness (QED) is 0.875. The summed E-state index contributed by atoms with van der Waals surface area (Å²) in [5.41, 5.74) is 6.99. The number of nitriles is 1. The van der Waals surface area contributed by atoms with E-state index in [4.69, 9.17) is 15.7 Å². The Hall–Kier alpha value is -2.05. The molecule has 2 rings (SSSR count). The topological polar surface area (TPSA) is 59.0 Å². The first-order chi connectivity index (χ1) is 8.27. The number of rotatable bonds is 3. The minimum absolute atomic E-state index is 0.254. The fourth-order valence-corrected chi connectivity index (χ4v) is 2.00. The van der Waals surface area contributed by atoms with Crippen LogP contribution in [0.2, 0.25) is 0 Å². The zero-order valence-corrected chi connectivity index (χ0v) is 9.68. The summed E-state index contributed by atoms with van der Waals surface area (Å²) in [7, 11) is 1.65. The molecule has 1 atom stereocenters. The molecule has 0 aliphatic carbocycles. The summed E-state index contributed by atoms with van der Waals surface area (Å²) in [6, 6.07) is 13.6. The van der Waals surface area contributed by atoms with E-state index in [9.17, 15) is 0 Å². The van der Waals surface area contributed by atoms with E-state index in [0.29, 0.717) is 6.42 Å². The second kappa shape index (κ2) is 4.86. The molecule has 0 heterocycles. The van der Waals surface area contributed by atoms with Crippen LogP contribution in [0.5, 0.6) is 5.75 Å². The van der Waals surface area contributed by atoms with Gasteiger partial charge in [0.15, 0.2) is 0 Å². The highest BCUT2D eigenvalue weighted by atomic mass is 16.5. The fourth-order valence-electron chi connectivity index (χ4n) is 2.00. The van der Waals surface area contributed by atoms with E-state index in [1.54, 1.807) is 7.11 Å². The van der Waals surface area contributed by atoms with Crippen LogP contribution >= 0.6 is 0 Å². The Labute approximate surface area is 100 Å². The van der Waals surface area contributed by atoms with Gasteiger partial charge in [0.2, 0.25) is 0 Å². The Balaban J connectivity index is 2.63. The van der Waals surface area contributed by atoms with Crippen molar-refractivity contribution < 1.29 is 4.74 Å². The van der Waals surface area contributed by atoms with Gasteiger partial charge in [-0.25, -0.2) is 0 Å². The zero-order chi connectivity index (χ0) is 12.3. The number of nitrogens with two attached hydrogens (primary N) is 1. The Kier molecular flexibility index (Phi) is 3.27. The second-order valence-corrected chi connectivity index (χ2v) is 3.87. The van der Waals surface area contributed by atoms with E-state index < -0.39 is 0 Å². The maximum absolute atomic E-state index is 8.72. The molecule has 0 saturated heterocycles. The smallest absolute Gasteiger partial charge is 0.126 e. The molecule has 3 heteroatoms. The first-order valence-electron chi connectivity index (χ1n) is 5.46. The van der Waals surface area contributed by atoms with E-state index in [2.05, 4.69) is 6.07 Å². The van der Waals surface area contributed by atoms with Crippen molar-refractivity contribution in [1.29, 1.82) is 5.26 Å². The molecule has 2 aromatic rings. The molecule has 17 heavy (non-hydrogen) atoms. The van der Waals surface area contributed by atoms with Gasteiger partial charge in [-0.15, -0.1) is 0 Å². The van der Waals surface area contributed by atoms with Gasteiger partial charge in [0.05, 0.1) is 19.6 Å². The first kappa shape index (κ1) is 11.4. The first-order valence-corrected chi connectivity index (χ1v) is 5.46. The van der Waals surface area contributed by atoms with Gasteiger partial charge < -0.3 is 10.5 Å². The van der Waals surface area contributed by atoms with Gasteiger partial charge in [0, 0.05) is 11.4 Å². The van der Waals surface area contributed by atoms with Crippen LogP contribution < -0.4 is 10.5 Å². The number of methoxy groups -OCH3 is 1. The minimum Gasteiger partial charge on any atom is -0.496 e. The van der Waals surface area contributed by atoms with E-state index in [1.807, 2.05) is 36.4 Å². The zero-order valence-electron chi connectivity index (χ0n) is 9.68. The van der Waals surface area contributed by atoms with Crippen LogP contribution in [0.25, 0.3) is 10.8 Å². The normalized spacial score (nSPS) is 12.1. The van der Waals surface area contributed by atoms with Crippen LogP contribution in [0.1, 0.15) is 18.0 Å². The van der Waals surface area contributed by atoms with Crippen LogP contribution in [0, 0.1) is 11.3 Å². The van der Waals surface area contributed by atoms with Gasteiger partial charge in [-0.05, 0) is 17.0 Å². The van der Waals surface area contributed by atoms with E-state index in [0.717, 1.165) is 22.1 Å². The molecule has 2 N–H and O–H groups in total. The Morgan fingerprint density at radius 2 is 1.94 bits per heavy atom. The van der Waals surface area contributed by atoms with Crippen molar-refractivity contribution in [2.45, 2.75) is 12.5 Å². The molecular formula is C14H14N2O. The molecule has 0 aromatic heterocycles. The summed E-state index contributed by atoms with van der Waals surface area (Å²) >= 11 is 0. The third-order valence-corrected chi connectivity index (χ3v) is 2.85. The van der Waals surface area contributed by atoms with Crippen molar-refractivity contribution in [2.75, 3.05) is 7.11 Å². The molecule has 0 aliphatic heterocycles. The second-order valence-electron chi connectivity index (χ2n) is 3.87. The van der Waals surface area contributed by atoms with Crippen molar-refractivity contribution in [3.8, 4) is 11.8 Å². The molecule has 0 radical (unpaired) electrons. The predicted octanol–water partition coefficient (Wildman–Crippen LogP) is 2.76. The number of fused-ring (bicyclic) bond motifs is 1. The van der Waals surface area contributed by atoms with Gasteiger partial charge in [0.1, 0.15) is 5.75 Å². The molecule has 3 nitrogen and oxygen atoms in total. The lowest BCUT2D eigenvalue weighted by molar-refractivity contribution is 0.419. The van der Waals surface area contributed by atoms with Crippen molar-refractivity contribution in [1.82, 2.24) is 0 Å². The summed E-state index contributed by atoms with van der Waals surface area (Å²) in [6.45, 7) is 0. The average Bonchev–Trinajstić information content (AvgIpc) is 2.37. The lowest BCUT2D eigenvalue weighted by atomic mass is 9.97. The lowest BCUT2D eigenvalue weighted by Gasteiger charge is -2.14. The summed E-state index contributed by atoms with van der Waals surface area (Å²) in [5, 5.41) is 10.8. The number of ether oxygens (including phenoxy) is 1. The van der Waals surface area contributed by atoms with Crippen molar-refractivity contribution in [3.63, 3.8) is 0 Å². The van der Waals surface area contributed by atoms with Crippen LogP contribution in [-0.2, 0) is 0 Å². The van der Waals surface area contributed by atoms with E-state index >= 15 is 0 Å². The predicted molar refractivity (Wildman–Crippen MR) is 67.7 cm³/mol. The third-order valence-electron chi connectivity index (χ3n) is 2.85. The number of nitrogens with zero attached hydrogens (tertiary/aromatic N) is 1. The fraction of sp³-hybridized carbons (Fsp3) is 0.214. The molecule has 0 saturated carbocycles. The highest BCUT2D eigenvalue weighted by molar-refractivity contribution is 5.91. The highest BCUT2D eigenvalue weighted by Gasteiger charge is 2.11. The number of hydrogen-bond acceptors (Lipinski definition) is 3. The lowest BCUT2D eigenvalue weighted by Crippen LogP contribution is -2.09. The molecule has 0 unspecified atom stereocenters. The minimum atomic E-state index is -0.254. The number of benzene rings is 2. The van der Waals surface area contributed by atoms with Crippen LogP contribution in [0.15, 0.2) is 36.4 Å². The monoisotopic (exact) mass is 226 g/mol. The standard InChI is InChI=1S/C14H14N2O/c1-17-14-7-6-11(13(16)8-9-15)10-4-2-3-5-12(10)14/h2-7,13H,8,16H2,1H3/t13-/m0/s1. The summed E-state index contributed by atoms with van der Waals surface area (Å²) in [5.74, 6) is 0.827. The van der Waals surface area contributed by atoms with Crippen molar-refractivity contribution in [3.05, 3.63) is 42.0 Å². The Morgan fingerprint density at radius 1 is 1.24 bits per heavy atom. The number of hydrogen-bond donors (Lipinski definition) is 1. The molecule has 0 aliphatic rings. The largest absolute Gasteiger partial charge is 0.496 e. The molecule has 0 amide bonds. The summed E-state index contributed by atoms with van der Waals surface area (Å²) < 4.78 is 5.32. The van der Waals surface area contributed by atoms with Crippen molar-refractivity contribution in [2.24, 2.45) is 5.73 Å². The van der Waals surface area contributed by atoms with Gasteiger partial charge in [0.25, 0.3) is 0 Å². The average molecular weight is 226 g/mol. The summed E-state index contributed by atoms with van der Waals surface area (Å²) in [6.07, 6.45) is 0.316. The van der Waals surface area contributed by atoms with Crippen molar-refractivity contribution >= 4 is 10.8 Å². The van der Waals surface area contributed by atoms with Crippen LogP contribution in [0.3, 0.4) is 0 Å². The van der Waals surface area contributed by atoms with Gasteiger partial charge in [-0.3, -0.25) is 0 Å². The molecule has 2 aromatic carbocycles. The molecular weight excluding hydrogens is 212 g/mol. The molecule has 0 fully saturated rings. The molecule has 0 bridgehead atoms. The highest BCUT2D eigenvalue weighted by Crippen LogP contribution is 2.31. The molecule has 86 valence electrons. The van der Waals surface area contributed by atoms with E-state index in [1.165, 1.54) is 0 Å². The maximum atomic E-state index is 8.72. The Morgan fingerprint density at radius 3 is 2.59 bits per heavy atom. The third kappa shape index (κ3) is 2.08. The van der Waals surface area contributed by atoms with Crippen LogP contribution in [-0.4, -0.2) is 7.11 Å². The Bertz CT molecular complexity index is 572. The SMILES string of the molecule is COc1ccc([C@@H](N)CC#N)c2ccccc12. The summed E-state index contributed by atoms with van der Waals surface area (Å²) in [4.78, 5) is 0. The van der Waals surface area contributed by atoms with E-state index in [-0.39, 0.29) is 6.04 Å². The molecule has 0 spiro atoms. The van der Waals surface area contributed by atoms with Gasteiger partial charge in [-0.2, -0.15) is 5.26 Å². The maximum Gasteiger partial charge on any atom is 0.126 e. The van der Waals surface area contributed by atoms with Gasteiger partial charge in [-0.1, -0.05) is 30.3 Å². The van der Waals surface area contributed by atoms with Gasteiger partial charge >= 0.3 is 0 Å².